The first-order valence-corrected chi connectivity index (χ1v) is 5.90. The number of rotatable bonds is 1. The van der Waals surface area contributed by atoms with Crippen LogP contribution in [0.5, 0.6) is 0 Å². The van der Waals surface area contributed by atoms with E-state index in [0.29, 0.717) is 13.0 Å². The maximum absolute atomic E-state index is 11.9. The summed E-state index contributed by atoms with van der Waals surface area (Å²) in [5, 5.41) is 9.83. The van der Waals surface area contributed by atoms with Gasteiger partial charge in [-0.2, -0.15) is 0 Å². The van der Waals surface area contributed by atoms with Gasteiger partial charge in [0.05, 0.1) is 12.1 Å². The molecule has 0 unspecified atom stereocenters. The number of ether oxygens (including phenoxy) is 1. The van der Waals surface area contributed by atoms with Crippen LogP contribution in [0.2, 0.25) is 0 Å². The van der Waals surface area contributed by atoms with Gasteiger partial charge in [-0.05, 0) is 33.1 Å². The summed E-state index contributed by atoms with van der Waals surface area (Å²) in [4.78, 5) is 13.6. The number of hydrogen-bond donors (Lipinski definition) is 1. The normalized spacial score (nSPS) is 26.3. The van der Waals surface area contributed by atoms with Crippen molar-refractivity contribution in [1.82, 2.24) is 4.90 Å². The molecule has 1 aliphatic rings. The molecular weight excluding hydrogens is 206 g/mol. The Balaban J connectivity index is 2.69. The fourth-order valence-electron chi connectivity index (χ4n) is 2.14. The average Bonchev–Trinajstić information content (AvgIpc) is 2.43. The number of likely N-dealkylation sites (tertiary alicyclic amines) is 1. The van der Waals surface area contributed by atoms with Crippen LogP contribution < -0.4 is 0 Å². The van der Waals surface area contributed by atoms with E-state index in [1.807, 2.05) is 34.6 Å². The second kappa shape index (κ2) is 4.62. The van der Waals surface area contributed by atoms with Gasteiger partial charge >= 0.3 is 6.09 Å². The SMILES string of the molecule is CC(C)[C@H]1[C@@H](O)CCN1C(=O)OC(C)(C)C. The van der Waals surface area contributed by atoms with E-state index in [2.05, 4.69) is 0 Å². The van der Waals surface area contributed by atoms with E-state index in [1.165, 1.54) is 0 Å². The van der Waals surface area contributed by atoms with Crippen LogP contribution in [0.4, 0.5) is 4.79 Å². The highest BCUT2D eigenvalue weighted by Crippen LogP contribution is 2.26. The molecule has 0 aromatic heterocycles. The molecule has 4 heteroatoms. The summed E-state index contributed by atoms with van der Waals surface area (Å²) in [7, 11) is 0. The highest BCUT2D eigenvalue weighted by atomic mass is 16.6. The van der Waals surface area contributed by atoms with Crippen LogP contribution >= 0.6 is 0 Å². The fraction of sp³-hybridized carbons (Fsp3) is 0.917. The Hall–Kier alpha value is -0.770. The molecule has 0 saturated carbocycles. The van der Waals surface area contributed by atoms with Crippen LogP contribution in [-0.2, 0) is 4.74 Å². The van der Waals surface area contributed by atoms with E-state index in [-0.39, 0.29) is 18.1 Å². The van der Waals surface area contributed by atoms with Crippen LogP contribution in [0.15, 0.2) is 0 Å². The molecular formula is C12H23NO3. The maximum atomic E-state index is 11.9. The topological polar surface area (TPSA) is 49.8 Å². The molecule has 1 saturated heterocycles. The summed E-state index contributed by atoms with van der Waals surface area (Å²) in [6.07, 6.45) is -0.0995. The molecule has 2 atom stereocenters. The number of nitrogens with zero attached hydrogens (tertiary/aromatic N) is 1. The van der Waals surface area contributed by atoms with Crippen LogP contribution in [0, 0.1) is 5.92 Å². The van der Waals surface area contributed by atoms with Crippen molar-refractivity contribution in [3.8, 4) is 0 Å². The van der Waals surface area contributed by atoms with Crippen molar-refractivity contribution in [3.05, 3.63) is 0 Å². The summed E-state index contributed by atoms with van der Waals surface area (Å²) >= 11 is 0. The molecule has 94 valence electrons. The lowest BCUT2D eigenvalue weighted by molar-refractivity contribution is 0.00892. The van der Waals surface area contributed by atoms with Crippen LogP contribution in [0.3, 0.4) is 0 Å². The van der Waals surface area contributed by atoms with Crippen molar-refractivity contribution in [3.63, 3.8) is 0 Å². The Labute approximate surface area is 97.6 Å². The van der Waals surface area contributed by atoms with E-state index < -0.39 is 11.7 Å². The molecule has 1 N–H and O–H groups in total. The highest BCUT2D eigenvalue weighted by Gasteiger charge is 2.39. The minimum absolute atomic E-state index is 0.116. The predicted octanol–water partition coefficient (Wildman–Crippen LogP) is 2.01. The number of hydrogen-bond acceptors (Lipinski definition) is 3. The van der Waals surface area contributed by atoms with Gasteiger partial charge in [0.25, 0.3) is 0 Å². The Bertz CT molecular complexity index is 257. The molecule has 1 amide bonds. The minimum atomic E-state index is -0.480. The van der Waals surface area contributed by atoms with Gasteiger partial charge in [0, 0.05) is 6.54 Å². The van der Waals surface area contributed by atoms with Crippen LogP contribution in [0.25, 0.3) is 0 Å². The third-order valence-corrected chi connectivity index (χ3v) is 2.73. The zero-order valence-corrected chi connectivity index (χ0v) is 10.9. The van der Waals surface area contributed by atoms with E-state index in [0.717, 1.165) is 0 Å². The summed E-state index contributed by atoms with van der Waals surface area (Å²) in [6, 6.07) is -0.116. The van der Waals surface area contributed by atoms with Crippen LogP contribution in [0.1, 0.15) is 41.0 Å². The number of carbonyl (C=O) groups excluding carboxylic acids is 1. The molecule has 1 rings (SSSR count). The first-order valence-electron chi connectivity index (χ1n) is 5.90. The first kappa shape index (κ1) is 13.3. The zero-order valence-electron chi connectivity index (χ0n) is 10.9. The summed E-state index contributed by atoms with van der Waals surface area (Å²) in [6.45, 7) is 10.2. The van der Waals surface area contributed by atoms with Gasteiger partial charge in [0.2, 0.25) is 0 Å². The molecule has 1 fully saturated rings. The molecule has 0 aromatic rings. The second-order valence-corrected chi connectivity index (χ2v) is 5.76. The number of aliphatic hydroxyl groups is 1. The summed E-state index contributed by atoms with van der Waals surface area (Å²) < 4.78 is 5.33. The van der Waals surface area contributed by atoms with Gasteiger partial charge in [-0.25, -0.2) is 4.79 Å². The molecule has 16 heavy (non-hydrogen) atoms. The lowest BCUT2D eigenvalue weighted by Gasteiger charge is -2.31. The van der Waals surface area contributed by atoms with Crippen LogP contribution in [-0.4, -0.2) is 40.4 Å². The number of amides is 1. The van der Waals surface area contributed by atoms with E-state index in [4.69, 9.17) is 4.74 Å². The Morgan fingerprint density at radius 2 is 2.00 bits per heavy atom. The smallest absolute Gasteiger partial charge is 0.410 e. The van der Waals surface area contributed by atoms with E-state index in [9.17, 15) is 9.90 Å². The van der Waals surface area contributed by atoms with Crippen molar-refractivity contribution in [2.24, 2.45) is 5.92 Å². The van der Waals surface area contributed by atoms with Gasteiger partial charge in [-0.3, -0.25) is 0 Å². The van der Waals surface area contributed by atoms with Crippen molar-refractivity contribution < 1.29 is 14.6 Å². The monoisotopic (exact) mass is 229 g/mol. The molecule has 0 bridgehead atoms. The molecule has 1 heterocycles. The second-order valence-electron chi connectivity index (χ2n) is 5.76. The van der Waals surface area contributed by atoms with Gasteiger partial charge in [0.15, 0.2) is 0 Å². The molecule has 0 spiro atoms. The van der Waals surface area contributed by atoms with Crippen molar-refractivity contribution in [2.45, 2.75) is 58.8 Å². The molecule has 0 aromatic carbocycles. The lowest BCUT2D eigenvalue weighted by Crippen LogP contribution is -2.45. The zero-order chi connectivity index (χ0) is 12.5. The third kappa shape index (κ3) is 3.11. The van der Waals surface area contributed by atoms with E-state index >= 15 is 0 Å². The van der Waals surface area contributed by atoms with Gasteiger partial charge < -0.3 is 14.7 Å². The Morgan fingerprint density at radius 3 is 2.44 bits per heavy atom. The molecule has 0 radical (unpaired) electrons. The molecule has 4 nitrogen and oxygen atoms in total. The van der Waals surface area contributed by atoms with E-state index in [1.54, 1.807) is 4.90 Å². The summed E-state index contributed by atoms with van der Waals surface area (Å²) in [5.74, 6) is 0.241. The standard InChI is InChI=1S/C12H23NO3/c1-8(2)10-9(14)6-7-13(10)11(15)16-12(3,4)5/h8-10,14H,6-7H2,1-5H3/t9-,10-/m0/s1. The Kier molecular flexibility index (Phi) is 3.84. The first-order chi connectivity index (χ1) is 7.22. The maximum Gasteiger partial charge on any atom is 0.410 e. The largest absolute Gasteiger partial charge is 0.444 e. The minimum Gasteiger partial charge on any atom is -0.444 e. The van der Waals surface area contributed by atoms with Gasteiger partial charge in [-0.15, -0.1) is 0 Å². The van der Waals surface area contributed by atoms with Crippen molar-refractivity contribution in [2.75, 3.05) is 6.54 Å². The Morgan fingerprint density at radius 1 is 1.44 bits per heavy atom. The van der Waals surface area contributed by atoms with Crippen molar-refractivity contribution in [1.29, 1.82) is 0 Å². The van der Waals surface area contributed by atoms with Gasteiger partial charge in [-0.1, -0.05) is 13.8 Å². The quantitative estimate of drug-likeness (QED) is 0.748. The predicted molar refractivity (Wildman–Crippen MR) is 62.2 cm³/mol. The van der Waals surface area contributed by atoms with Crippen molar-refractivity contribution >= 4 is 6.09 Å². The number of aliphatic hydroxyl groups excluding tert-OH is 1. The van der Waals surface area contributed by atoms with Gasteiger partial charge in [0.1, 0.15) is 5.60 Å². The average molecular weight is 229 g/mol. The fourth-order valence-corrected chi connectivity index (χ4v) is 2.14. The highest BCUT2D eigenvalue weighted by molar-refractivity contribution is 5.69. The lowest BCUT2D eigenvalue weighted by atomic mass is 10.00. The molecule has 1 aliphatic heterocycles. The summed E-state index contributed by atoms with van der Waals surface area (Å²) in [5.41, 5.74) is -0.480. The number of carbonyl (C=O) groups is 1. The third-order valence-electron chi connectivity index (χ3n) is 2.73. The molecule has 0 aliphatic carbocycles.